The van der Waals surface area contributed by atoms with Gasteiger partial charge in [-0.15, -0.1) is 0 Å². The van der Waals surface area contributed by atoms with E-state index < -0.39 is 0 Å². The maximum Gasteiger partial charge on any atom is 0.256 e. The van der Waals surface area contributed by atoms with Crippen molar-refractivity contribution in [3.05, 3.63) is 11.3 Å². The molecule has 1 aliphatic heterocycles. The fraction of sp³-hybridized carbons (Fsp3) is 0.733. The molecule has 0 aromatic carbocycles. The van der Waals surface area contributed by atoms with E-state index in [0.717, 1.165) is 43.4 Å². The number of carbonyl (C=O) groups excluding carboxylic acids is 1. The van der Waals surface area contributed by atoms with Gasteiger partial charge in [0.1, 0.15) is 5.00 Å². The van der Waals surface area contributed by atoms with Crippen LogP contribution in [0.3, 0.4) is 0 Å². The van der Waals surface area contributed by atoms with E-state index in [2.05, 4.69) is 33.8 Å². The zero-order valence-corrected chi connectivity index (χ0v) is 14.7. The van der Waals surface area contributed by atoms with Gasteiger partial charge in [-0.1, -0.05) is 6.92 Å². The monoisotopic (exact) mass is 326 g/mol. The van der Waals surface area contributed by atoms with Crippen LogP contribution in [0.2, 0.25) is 0 Å². The molecule has 1 atom stereocenters. The van der Waals surface area contributed by atoms with Gasteiger partial charge in [0.2, 0.25) is 0 Å². The van der Waals surface area contributed by atoms with Crippen LogP contribution in [0.1, 0.15) is 36.3 Å². The normalized spacial score (nSPS) is 18.7. The summed E-state index contributed by atoms with van der Waals surface area (Å²) in [7, 11) is 1.81. The second-order valence-electron chi connectivity index (χ2n) is 5.85. The molecule has 1 aliphatic rings. The van der Waals surface area contributed by atoms with Gasteiger partial charge in [-0.3, -0.25) is 9.69 Å². The van der Waals surface area contributed by atoms with Gasteiger partial charge in [0.05, 0.1) is 24.5 Å². The van der Waals surface area contributed by atoms with Crippen LogP contribution < -0.4 is 10.6 Å². The molecule has 1 aromatic heterocycles. The van der Waals surface area contributed by atoms with E-state index in [1.165, 1.54) is 11.5 Å². The summed E-state index contributed by atoms with van der Waals surface area (Å²) in [6.07, 6.45) is 0.979. The molecule has 0 saturated carbocycles. The average molecular weight is 326 g/mol. The van der Waals surface area contributed by atoms with E-state index in [-0.39, 0.29) is 11.4 Å². The number of morpholine rings is 1. The van der Waals surface area contributed by atoms with Gasteiger partial charge in [0.15, 0.2) is 0 Å². The minimum Gasteiger partial charge on any atom is -0.379 e. The molecule has 0 radical (unpaired) electrons. The Hall–Kier alpha value is -1.18. The van der Waals surface area contributed by atoms with E-state index in [1.807, 2.05) is 14.0 Å². The molecule has 1 amide bonds. The minimum atomic E-state index is -0.0523. The molecule has 6 nitrogen and oxygen atoms in total. The van der Waals surface area contributed by atoms with Crippen molar-refractivity contribution < 1.29 is 9.53 Å². The Balaban J connectivity index is 2.03. The van der Waals surface area contributed by atoms with Crippen LogP contribution in [0.5, 0.6) is 0 Å². The predicted octanol–water partition coefficient (Wildman–Crippen LogP) is 1.72. The summed E-state index contributed by atoms with van der Waals surface area (Å²) in [6.45, 7) is 10.2. The largest absolute Gasteiger partial charge is 0.379 e. The first kappa shape index (κ1) is 17.2. The molecule has 1 aromatic rings. The number of rotatable bonds is 6. The van der Waals surface area contributed by atoms with E-state index in [9.17, 15) is 4.79 Å². The number of aromatic nitrogens is 1. The summed E-state index contributed by atoms with van der Waals surface area (Å²) in [6, 6.07) is 0. The van der Waals surface area contributed by atoms with Crippen LogP contribution in [0.4, 0.5) is 5.00 Å². The Labute approximate surface area is 136 Å². The topological polar surface area (TPSA) is 66.5 Å². The smallest absolute Gasteiger partial charge is 0.256 e. The summed E-state index contributed by atoms with van der Waals surface area (Å²) < 4.78 is 9.68. The van der Waals surface area contributed by atoms with Gasteiger partial charge in [-0.2, -0.15) is 4.37 Å². The standard InChI is InChI=1S/C15H26N4O2S/c1-5-15(3,19-6-8-21-9-7-19)10-17-13(20)12-11(2)18-22-14(12)16-4/h16H,5-10H2,1-4H3,(H,17,20). The fourth-order valence-electron chi connectivity index (χ4n) is 2.73. The lowest BCUT2D eigenvalue weighted by Gasteiger charge is -2.43. The van der Waals surface area contributed by atoms with Crippen molar-refractivity contribution in [2.24, 2.45) is 0 Å². The molecule has 0 aliphatic carbocycles. The molecule has 7 heteroatoms. The van der Waals surface area contributed by atoms with Gasteiger partial charge in [0, 0.05) is 32.2 Å². The zero-order chi connectivity index (χ0) is 16.2. The highest BCUT2D eigenvalue weighted by atomic mass is 32.1. The third kappa shape index (κ3) is 3.59. The molecule has 1 saturated heterocycles. The van der Waals surface area contributed by atoms with Crippen molar-refractivity contribution >= 4 is 22.4 Å². The molecule has 1 fully saturated rings. The molecule has 2 rings (SSSR count). The number of nitrogens with zero attached hydrogens (tertiary/aromatic N) is 2. The molecule has 124 valence electrons. The van der Waals surface area contributed by atoms with Crippen molar-refractivity contribution in [1.82, 2.24) is 14.6 Å². The summed E-state index contributed by atoms with van der Waals surface area (Å²) in [5, 5.41) is 6.95. The molecule has 0 bridgehead atoms. The molecule has 22 heavy (non-hydrogen) atoms. The third-order valence-corrected chi connectivity index (χ3v) is 5.44. The quantitative estimate of drug-likeness (QED) is 0.833. The number of amides is 1. The van der Waals surface area contributed by atoms with Crippen molar-refractivity contribution in [1.29, 1.82) is 0 Å². The fourth-order valence-corrected chi connectivity index (χ4v) is 3.47. The minimum absolute atomic E-state index is 0.0450. The average Bonchev–Trinajstić information content (AvgIpc) is 2.94. The first-order valence-electron chi connectivity index (χ1n) is 7.77. The van der Waals surface area contributed by atoms with Crippen molar-refractivity contribution in [3.63, 3.8) is 0 Å². The molecular weight excluding hydrogens is 300 g/mol. The Bertz CT molecular complexity index is 514. The van der Waals surface area contributed by atoms with Crippen LogP contribution in [-0.2, 0) is 4.74 Å². The maximum absolute atomic E-state index is 12.5. The highest BCUT2D eigenvalue weighted by Crippen LogP contribution is 2.24. The lowest BCUT2D eigenvalue weighted by Crippen LogP contribution is -2.56. The van der Waals surface area contributed by atoms with Gasteiger partial charge >= 0.3 is 0 Å². The van der Waals surface area contributed by atoms with Crippen molar-refractivity contribution in [2.75, 3.05) is 45.2 Å². The number of aryl methyl sites for hydroxylation is 1. The second kappa shape index (κ2) is 7.39. The summed E-state index contributed by atoms with van der Waals surface area (Å²) >= 11 is 1.32. The maximum atomic E-state index is 12.5. The van der Waals surface area contributed by atoms with E-state index in [1.54, 1.807) is 0 Å². The summed E-state index contributed by atoms with van der Waals surface area (Å²) in [5.74, 6) is -0.0523. The number of ether oxygens (including phenoxy) is 1. The molecule has 2 N–H and O–H groups in total. The summed E-state index contributed by atoms with van der Waals surface area (Å²) in [5.41, 5.74) is 1.39. The van der Waals surface area contributed by atoms with Gasteiger partial charge < -0.3 is 15.4 Å². The van der Waals surface area contributed by atoms with Crippen LogP contribution in [-0.4, -0.2) is 60.6 Å². The van der Waals surface area contributed by atoms with Crippen LogP contribution in [0.15, 0.2) is 0 Å². The zero-order valence-electron chi connectivity index (χ0n) is 13.9. The number of hydrogen-bond acceptors (Lipinski definition) is 6. The van der Waals surface area contributed by atoms with E-state index in [0.29, 0.717) is 12.1 Å². The highest BCUT2D eigenvalue weighted by molar-refractivity contribution is 7.10. The first-order chi connectivity index (χ1) is 10.5. The SMILES string of the molecule is CCC(C)(CNC(=O)c1c(C)nsc1NC)N1CCOCC1. The van der Waals surface area contributed by atoms with E-state index in [4.69, 9.17) is 4.74 Å². The first-order valence-corrected chi connectivity index (χ1v) is 8.54. The van der Waals surface area contributed by atoms with Crippen LogP contribution in [0, 0.1) is 6.92 Å². The Kier molecular flexibility index (Phi) is 5.77. The van der Waals surface area contributed by atoms with Crippen LogP contribution >= 0.6 is 11.5 Å². The number of carbonyl (C=O) groups is 1. The number of anilines is 1. The molecule has 0 spiro atoms. The van der Waals surface area contributed by atoms with Crippen molar-refractivity contribution in [3.8, 4) is 0 Å². The van der Waals surface area contributed by atoms with Crippen LogP contribution in [0.25, 0.3) is 0 Å². The Morgan fingerprint density at radius 1 is 1.45 bits per heavy atom. The Morgan fingerprint density at radius 2 is 2.14 bits per heavy atom. The lowest BCUT2D eigenvalue weighted by atomic mass is 9.95. The van der Waals surface area contributed by atoms with Crippen molar-refractivity contribution in [2.45, 2.75) is 32.7 Å². The van der Waals surface area contributed by atoms with Gasteiger partial charge in [-0.05, 0) is 31.8 Å². The third-order valence-electron chi connectivity index (χ3n) is 4.48. The molecule has 2 heterocycles. The lowest BCUT2D eigenvalue weighted by molar-refractivity contribution is -0.0169. The Morgan fingerprint density at radius 3 is 2.73 bits per heavy atom. The predicted molar refractivity (Wildman–Crippen MR) is 89.8 cm³/mol. The van der Waals surface area contributed by atoms with Gasteiger partial charge in [0.25, 0.3) is 5.91 Å². The second-order valence-corrected chi connectivity index (χ2v) is 6.63. The number of hydrogen-bond donors (Lipinski definition) is 2. The molecule has 1 unspecified atom stereocenters. The van der Waals surface area contributed by atoms with E-state index >= 15 is 0 Å². The number of nitrogens with one attached hydrogen (secondary N) is 2. The summed E-state index contributed by atoms with van der Waals surface area (Å²) in [4.78, 5) is 14.9. The molecular formula is C15H26N4O2S. The highest BCUT2D eigenvalue weighted by Gasteiger charge is 2.32. The van der Waals surface area contributed by atoms with Gasteiger partial charge in [-0.25, -0.2) is 0 Å².